The smallest absolute Gasteiger partial charge is 0.240 e. The molecule has 1 N–H and O–H groups in total. The van der Waals surface area contributed by atoms with E-state index in [1.54, 1.807) is 12.1 Å². The minimum atomic E-state index is -3.51. The predicted molar refractivity (Wildman–Crippen MR) is 102 cm³/mol. The molecular formula is C20H28N2O3S. The van der Waals surface area contributed by atoms with E-state index in [1.165, 1.54) is 0 Å². The number of nitrogens with one attached hydrogen (secondary N) is 1. The Morgan fingerprint density at radius 1 is 1.08 bits per heavy atom. The van der Waals surface area contributed by atoms with Crippen molar-refractivity contribution < 1.29 is 13.2 Å². The zero-order valence-electron chi connectivity index (χ0n) is 15.6. The molecule has 0 saturated heterocycles. The minimum absolute atomic E-state index is 0.0383. The normalized spacial score (nSPS) is 28.8. The number of amides is 1. The van der Waals surface area contributed by atoms with E-state index in [0.29, 0.717) is 10.8 Å². The molecule has 4 rings (SSSR count). The number of benzene rings is 1. The Balaban J connectivity index is 1.53. The molecule has 0 radical (unpaired) electrons. The molecule has 2 saturated carbocycles. The number of hydrogen-bond acceptors (Lipinski definition) is 3. The molecule has 26 heavy (non-hydrogen) atoms. The van der Waals surface area contributed by atoms with E-state index < -0.39 is 10.0 Å². The summed E-state index contributed by atoms with van der Waals surface area (Å²) in [6, 6.07) is 5.37. The van der Waals surface area contributed by atoms with Crippen LogP contribution in [-0.4, -0.2) is 26.4 Å². The van der Waals surface area contributed by atoms with E-state index in [0.717, 1.165) is 56.2 Å². The Hall–Kier alpha value is -1.40. The molecule has 0 spiro atoms. The number of anilines is 1. The molecule has 3 aliphatic rings. The van der Waals surface area contributed by atoms with Crippen LogP contribution in [0, 0.1) is 11.8 Å². The van der Waals surface area contributed by atoms with E-state index in [9.17, 15) is 13.2 Å². The van der Waals surface area contributed by atoms with Gasteiger partial charge in [0.15, 0.2) is 0 Å². The predicted octanol–water partition coefficient (Wildman–Crippen LogP) is 3.23. The molecule has 5 nitrogen and oxygen atoms in total. The summed E-state index contributed by atoms with van der Waals surface area (Å²) < 4.78 is 28.5. The first-order chi connectivity index (χ1) is 12.3. The van der Waals surface area contributed by atoms with Crippen LogP contribution in [0.15, 0.2) is 23.1 Å². The molecule has 0 aromatic heterocycles. The summed E-state index contributed by atoms with van der Waals surface area (Å²) in [5.41, 5.74) is 1.85. The van der Waals surface area contributed by atoms with Crippen molar-refractivity contribution in [2.75, 3.05) is 4.90 Å². The van der Waals surface area contributed by atoms with Crippen molar-refractivity contribution in [1.29, 1.82) is 0 Å². The van der Waals surface area contributed by atoms with Gasteiger partial charge in [0, 0.05) is 23.7 Å². The summed E-state index contributed by atoms with van der Waals surface area (Å²) in [6.07, 6.45) is 6.65. The number of carbonyl (C=O) groups excluding carboxylic acids is 1. The van der Waals surface area contributed by atoms with Crippen LogP contribution in [0.25, 0.3) is 0 Å². The highest BCUT2D eigenvalue weighted by Crippen LogP contribution is 2.39. The summed E-state index contributed by atoms with van der Waals surface area (Å²) in [6.45, 7) is 4.26. The molecule has 1 unspecified atom stereocenters. The summed E-state index contributed by atoms with van der Waals surface area (Å²) in [5, 5.41) is 0. The maximum Gasteiger partial charge on any atom is 0.240 e. The first-order valence-corrected chi connectivity index (χ1v) is 11.3. The lowest BCUT2D eigenvalue weighted by Gasteiger charge is -2.26. The topological polar surface area (TPSA) is 66.5 Å². The first kappa shape index (κ1) is 18.0. The van der Waals surface area contributed by atoms with Gasteiger partial charge < -0.3 is 4.90 Å². The van der Waals surface area contributed by atoms with Crippen molar-refractivity contribution in [1.82, 2.24) is 4.72 Å². The Kier molecular flexibility index (Phi) is 4.59. The summed E-state index contributed by atoms with van der Waals surface area (Å²) in [7, 11) is -3.51. The molecule has 1 amide bonds. The van der Waals surface area contributed by atoms with Crippen molar-refractivity contribution in [2.24, 2.45) is 11.8 Å². The number of sulfonamides is 1. The molecule has 1 aliphatic heterocycles. The van der Waals surface area contributed by atoms with Gasteiger partial charge in [-0.2, -0.15) is 0 Å². The van der Waals surface area contributed by atoms with Crippen molar-refractivity contribution in [3.63, 3.8) is 0 Å². The lowest BCUT2D eigenvalue weighted by Crippen LogP contribution is -2.37. The van der Waals surface area contributed by atoms with Crippen molar-refractivity contribution in [3.05, 3.63) is 23.8 Å². The molecular weight excluding hydrogens is 348 g/mol. The maximum atomic E-state index is 12.8. The quantitative estimate of drug-likeness (QED) is 0.877. The lowest BCUT2D eigenvalue weighted by atomic mass is 9.88. The fraction of sp³-hybridized carbons (Fsp3) is 0.650. The fourth-order valence-corrected chi connectivity index (χ4v) is 5.66. The Bertz CT molecular complexity index is 808. The lowest BCUT2D eigenvalue weighted by molar-refractivity contribution is -0.120. The molecule has 1 aromatic carbocycles. The summed E-state index contributed by atoms with van der Waals surface area (Å²) >= 11 is 0. The number of nitrogens with zero attached hydrogens (tertiary/aromatic N) is 1. The minimum Gasteiger partial charge on any atom is -0.309 e. The van der Waals surface area contributed by atoms with Crippen LogP contribution in [-0.2, 0) is 21.2 Å². The van der Waals surface area contributed by atoms with E-state index in [1.807, 2.05) is 17.9 Å². The number of rotatable bonds is 4. The van der Waals surface area contributed by atoms with Crippen LogP contribution in [0.1, 0.15) is 57.9 Å². The van der Waals surface area contributed by atoms with Gasteiger partial charge in [-0.1, -0.05) is 6.92 Å². The second-order valence-electron chi connectivity index (χ2n) is 8.40. The van der Waals surface area contributed by atoms with Crippen LogP contribution in [0.2, 0.25) is 0 Å². The molecule has 6 heteroatoms. The number of carbonyl (C=O) groups is 1. The number of hydrogen-bond donors (Lipinski definition) is 1. The van der Waals surface area contributed by atoms with E-state index >= 15 is 0 Å². The molecule has 1 aromatic rings. The molecule has 2 aliphatic carbocycles. The fourth-order valence-electron chi connectivity index (χ4n) is 4.30. The molecule has 0 bridgehead atoms. The SMILES string of the molecule is CC1CCC(NS(=O)(=O)c2ccc3c(c2)CC(C)N3C(=O)C2CC2)CC1. The second-order valence-corrected chi connectivity index (χ2v) is 10.1. The zero-order chi connectivity index (χ0) is 18.5. The third kappa shape index (κ3) is 3.41. The monoisotopic (exact) mass is 376 g/mol. The second kappa shape index (κ2) is 6.64. The Labute approximate surface area is 156 Å². The highest BCUT2D eigenvalue weighted by atomic mass is 32.2. The largest absolute Gasteiger partial charge is 0.309 e. The molecule has 142 valence electrons. The Morgan fingerprint density at radius 3 is 2.42 bits per heavy atom. The van der Waals surface area contributed by atoms with Crippen LogP contribution in [0.5, 0.6) is 0 Å². The molecule has 1 heterocycles. The van der Waals surface area contributed by atoms with Gasteiger partial charge in [0.1, 0.15) is 0 Å². The average Bonchev–Trinajstić information content (AvgIpc) is 3.38. The highest BCUT2D eigenvalue weighted by Gasteiger charge is 2.39. The standard InChI is InChI=1S/C20H28N2O3S/c1-13-3-7-17(8-4-13)21-26(24,25)18-9-10-19-16(12-18)11-14(2)22(19)20(23)15-5-6-15/h9-10,12-15,17,21H,3-8,11H2,1-2H3. The van der Waals surface area contributed by atoms with Gasteiger partial charge in [-0.25, -0.2) is 13.1 Å². The van der Waals surface area contributed by atoms with Crippen LogP contribution in [0.4, 0.5) is 5.69 Å². The van der Waals surface area contributed by atoms with Gasteiger partial charge >= 0.3 is 0 Å². The van der Waals surface area contributed by atoms with Gasteiger partial charge in [-0.05, 0) is 81.5 Å². The van der Waals surface area contributed by atoms with E-state index in [-0.39, 0.29) is 23.9 Å². The van der Waals surface area contributed by atoms with E-state index in [4.69, 9.17) is 0 Å². The van der Waals surface area contributed by atoms with Gasteiger partial charge in [0.05, 0.1) is 4.90 Å². The summed E-state index contributed by atoms with van der Waals surface area (Å²) in [5.74, 6) is 1.05. The van der Waals surface area contributed by atoms with Gasteiger partial charge in [0.25, 0.3) is 0 Å². The van der Waals surface area contributed by atoms with Gasteiger partial charge in [-0.3, -0.25) is 4.79 Å². The maximum absolute atomic E-state index is 12.8. The van der Waals surface area contributed by atoms with Crippen LogP contribution < -0.4 is 9.62 Å². The molecule has 1 atom stereocenters. The van der Waals surface area contributed by atoms with Crippen molar-refractivity contribution in [2.45, 2.75) is 75.8 Å². The third-order valence-electron chi connectivity index (χ3n) is 6.08. The highest BCUT2D eigenvalue weighted by molar-refractivity contribution is 7.89. The van der Waals surface area contributed by atoms with Gasteiger partial charge in [0.2, 0.25) is 15.9 Å². The van der Waals surface area contributed by atoms with Crippen LogP contribution >= 0.6 is 0 Å². The van der Waals surface area contributed by atoms with Crippen molar-refractivity contribution in [3.8, 4) is 0 Å². The summed E-state index contributed by atoms with van der Waals surface area (Å²) in [4.78, 5) is 14.7. The zero-order valence-corrected chi connectivity index (χ0v) is 16.4. The van der Waals surface area contributed by atoms with Crippen LogP contribution in [0.3, 0.4) is 0 Å². The molecule has 2 fully saturated rings. The number of fused-ring (bicyclic) bond motifs is 1. The Morgan fingerprint density at radius 2 is 1.77 bits per heavy atom. The van der Waals surface area contributed by atoms with Crippen molar-refractivity contribution >= 4 is 21.6 Å². The third-order valence-corrected chi connectivity index (χ3v) is 7.60. The average molecular weight is 377 g/mol. The van der Waals surface area contributed by atoms with Gasteiger partial charge in [-0.15, -0.1) is 0 Å². The van der Waals surface area contributed by atoms with E-state index in [2.05, 4.69) is 11.6 Å². The first-order valence-electron chi connectivity index (χ1n) is 9.83.